The summed E-state index contributed by atoms with van der Waals surface area (Å²) in [5.74, 6) is -0.663. The van der Waals surface area contributed by atoms with Gasteiger partial charge in [0.2, 0.25) is 0 Å². The first-order valence-corrected chi connectivity index (χ1v) is 8.39. The summed E-state index contributed by atoms with van der Waals surface area (Å²) >= 11 is 0. The van der Waals surface area contributed by atoms with Crippen LogP contribution in [0.3, 0.4) is 0 Å². The van der Waals surface area contributed by atoms with Crippen molar-refractivity contribution in [2.45, 2.75) is 38.1 Å². The smallest absolute Gasteiger partial charge is 0.323 e. The number of benzene rings is 2. The number of esters is 2. The van der Waals surface area contributed by atoms with Gasteiger partial charge in [-0.3, -0.25) is 14.9 Å². The van der Waals surface area contributed by atoms with Crippen molar-refractivity contribution >= 4 is 11.9 Å². The van der Waals surface area contributed by atoms with Gasteiger partial charge >= 0.3 is 11.9 Å². The van der Waals surface area contributed by atoms with Crippen molar-refractivity contribution in [1.29, 1.82) is 0 Å². The van der Waals surface area contributed by atoms with Crippen LogP contribution in [0.2, 0.25) is 0 Å². The Hall–Kier alpha value is -2.66. The number of hydrogen-bond donors (Lipinski definition) is 1. The summed E-state index contributed by atoms with van der Waals surface area (Å²) in [6.45, 7) is 0.474. The van der Waals surface area contributed by atoms with E-state index in [9.17, 15) is 9.59 Å². The first kappa shape index (κ1) is 17.2. The number of hydrogen-bond acceptors (Lipinski definition) is 5. The highest BCUT2D eigenvalue weighted by molar-refractivity contribution is 5.81. The quantitative estimate of drug-likeness (QED) is 0.820. The second kappa shape index (κ2) is 8.44. The second-order valence-electron chi connectivity index (χ2n) is 6.04. The minimum atomic E-state index is -0.460. The predicted octanol–water partition coefficient (Wildman–Crippen LogP) is 2.59. The Morgan fingerprint density at radius 2 is 1.16 bits per heavy atom. The lowest BCUT2D eigenvalue weighted by Crippen LogP contribution is -2.41. The van der Waals surface area contributed by atoms with Gasteiger partial charge in [0.05, 0.1) is 0 Å². The second-order valence-corrected chi connectivity index (χ2v) is 6.04. The molecular weight excluding hydrogens is 318 g/mol. The van der Waals surface area contributed by atoms with E-state index in [0.717, 1.165) is 11.1 Å². The Labute approximate surface area is 147 Å². The van der Waals surface area contributed by atoms with Crippen molar-refractivity contribution in [2.75, 3.05) is 0 Å². The minimum Gasteiger partial charge on any atom is -0.460 e. The van der Waals surface area contributed by atoms with E-state index < -0.39 is 12.1 Å². The Morgan fingerprint density at radius 1 is 0.760 bits per heavy atom. The van der Waals surface area contributed by atoms with E-state index in [2.05, 4.69) is 5.32 Å². The summed E-state index contributed by atoms with van der Waals surface area (Å²) < 4.78 is 10.6. The van der Waals surface area contributed by atoms with Crippen LogP contribution in [0.5, 0.6) is 0 Å². The third kappa shape index (κ3) is 4.90. The van der Waals surface area contributed by atoms with Gasteiger partial charge in [0, 0.05) is 0 Å². The third-order valence-electron chi connectivity index (χ3n) is 4.16. The first-order chi connectivity index (χ1) is 12.2. The molecule has 2 aromatic carbocycles. The van der Waals surface area contributed by atoms with E-state index in [0.29, 0.717) is 12.8 Å². The van der Waals surface area contributed by atoms with Crippen molar-refractivity contribution in [1.82, 2.24) is 5.32 Å². The molecule has 1 aliphatic heterocycles. The highest BCUT2D eigenvalue weighted by Crippen LogP contribution is 2.16. The first-order valence-electron chi connectivity index (χ1n) is 8.39. The predicted molar refractivity (Wildman–Crippen MR) is 92.4 cm³/mol. The summed E-state index contributed by atoms with van der Waals surface area (Å²) in [4.78, 5) is 24.3. The fraction of sp³-hybridized carbons (Fsp3) is 0.300. The number of rotatable bonds is 6. The van der Waals surface area contributed by atoms with Crippen molar-refractivity contribution in [2.24, 2.45) is 0 Å². The van der Waals surface area contributed by atoms with Crippen LogP contribution in [0.1, 0.15) is 24.0 Å². The topological polar surface area (TPSA) is 64.6 Å². The van der Waals surface area contributed by atoms with E-state index in [4.69, 9.17) is 9.47 Å². The van der Waals surface area contributed by atoms with Gasteiger partial charge in [-0.05, 0) is 24.0 Å². The summed E-state index contributed by atoms with van der Waals surface area (Å²) in [6.07, 6.45) is 1.14. The van der Waals surface area contributed by atoms with Crippen LogP contribution in [0.15, 0.2) is 60.7 Å². The molecule has 0 unspecified atom stereocenters. The molecule has 130 valence electrons. The van der Waals surface area contributed by atoms with Crippen LogP contribution in [-0.2, 0) is 32.3 Å². The molecule has 0 aromatic heterocycles. The zero-order chi connectivity index (χ0) is 17.5. The lowest BCUT2D eigenvalue weighted by Gasteiger charge is -2.13. The zero-order valence-corrected chi connectivity index (χ0v) is 13.9. The van der Waals surface area contributed by atoms with E-state index in [-0.39, 0.29) is 25.2 Å². The molecular formula is C20H21NO4. The van der Waals surface area contributed by atoms with Crippen LogP contribution in [-0.4, -0.2) is 24.0 Å². The number of ether oxygens (including phenoxy) is 2. The molecule has 0 saturated carbocycles. The molecule has 1 heterocycles. The maximum absolute atomic E-state index is 12.1. The van der Waals surface area contributed by atoms with E-state index in [1.807, 2.05) is 60.7 Å². The van der Waals surface area contributed by atoms with E-state index in [1.165, 1.54) is 0 Å². The summed E-state index contributed by atoms with van der Waals surface area (Å²) in [5.41, 5.74) is 1.88. The molecule has 2 aromatic rings. The third-order valence-corrected chi connectivity index (χ3v) is 4.16. The lowest BCUT2D eigenvalue weighted by molar-refractivity contribution is -0.148. The molecule has 25 heavy (non-hydrogen) atoms. The van der Waals surface area contributed by atoms with E-state index >= 15 is 0 Å². The zero-order valence-electron chi connectivity index (χ0n) is 13.9. The maximum atomic E-state index is 12.1. The maximum Gasteiger partial charge on any atom is 0.323 e. The Bertz CT molecular complexity index is 641. The number of carbonyl (C=O) groups excluding carboxylic acids is 2. The van der Waals surface area contributed by atoms with Crippen molar-refractivity contribution in [3.8, 4) is 0 Å². The van der Waals surface area contributed by atoms with Crippen LogP contribution in [0, 0.1) is 0 Å². The monoisotopic (exact) mass is 339 g/mol. The molecule has 3 rings (SSSR count). The van der Waals surface area contributed by atoms with Gasteiger partial charge in [-0.1, -0.05) is 60.7 Å². The average molecular weight is 339 g/mol. The molecule has 0 aliphatic carbocycles. The number of nitrogens with one attached hydrogen (secondary N) is 1. The van der Waals surface area contributed by atoms with Crippen molar-refractivity contribution in [3.05, 3.63) is 71.8 Å². The Morgan fingerprint density at radius 3 is 1.56 bits per heavy atom. The SMILES string of the molecule is O=C(OCc1ccccc1)[C@@H]1CC[C@H](C(=O)OCc2ccccc2)N1. The average Bonchev–Trinajstić information content (AvgIpc) is 3.16. The van der Waals surface area contributed by atoms with Crippen LogP contribution in [0.25, 0.3) is 0 Å². The summed E-state index contributed by atoms with van der Waals surface area (Å²) in [7, 11) is 0. The van der Waals surface area contributed by atoms with E-state index in [1.54, 1.807) is 0 Å². The van der Waals surface area contributed by atoms with Crippen LogP contribution in [0.4, 0.5) is 0 Å². The fourth-order valence-corrected chi connectivity index (χ4v) is 2.77. The Kier molecular flexibility index (Phi) is 5.80. The lowest BCUT2D eigenvalue weighted by atomic mass is 10.2. The van der Waals surface area contributed by atoms with Gasteiger partial charge < -0.3 is 9.47 Å². The molecule has 1 saturated heterocycles. The normalized spacial score (nSPS) is 19.4. The molecule has 2 atom stereocenters. The molecule has 0 radical (unpaired) electrons. The molecule has 5 nitrogen and oxygen atoms in total. The molecule has 1 fully saturated rings. The largest absolute Gasteiger partial charge is 0.460 e. The van der Waals surface area contributed by atoms with Gasteiger partial charge in [-0.25, -0.2) is 0 Å². The van der Waals surface area contributed by atoms with Crippen LogP contribution >= 0.6 is 0 Å². The highest BCUT2D eigenvalue weighted by atomic mass is 16.5. The van der Waals surface area contributed by atoms with Crippen molar-refractivity contribution in [3.63, 3.8) is 0 Å². The van der Waals surface area contributed by atoms with Gasteiger partial charge in [-0.15, -0.1) is 0 Å². The minimum absolute atomic E-state index is 0.237. The summed E-state index contributed by atoms with van der Waals surface area (Å²) in [5, 5.41) is 3.01. The molecule has 1 aliphatic rings. The van der Waals surface area contributed by atoms with Gasteiger partial charge in [0.1, 0.15) is 25.3 Å². The molecule has 0 spiro atoms. The number of carbonyl (C=O) groups is 2. The molecule has 5 heteroatoms. The molecule has 1 N–H and O–H groups in total. The fourth-order valence-electron chi connectivity index (χ4n) is 2.77. The molecule has 0 amide bonds. The highest BCUT2D eigenvalue weighted by Gasteiger charge is 2.34. The standard InChI is InChI=1S/C20H21NO4/c22-19(24-13-15-7-3-1-4-8-15)17-11-12-18(21-17)20(23)25-14-16-9-5-2-6-10-16/h1-10,17-18,21H,11-14H2/t17-,18+. The van der Waals surface area contributed by atoms with Gasteiger partial charge in [-0.2, -0.15) is 0 Å². The van der Waals surface area contributed by atoms with Gasteiger partial charge in [0.25, 0.3) is 0 Å². The Balaban J connectivity index is 1.43. The van der Waals surface area contributed by atoms with Crippen molar-refractivity contribution < 1.29 is 19.1 Å². The van der Waals surface area contributed by atoms with Gasteiger partial charge in [0.15, 0.2) is 0 Å². The van der Waals surface area contributed by atoms with Crippen LogP contribution < -0.4 is 5.32 Å². The molecule has 0 bridgehead atoms. The summed E-state index contributed by atoms with van der Waals surface area (Å²) in [6, 6.07) is 18.1.